The summed E-state index contributed by atoms with van der Waals surface area (Å²) in [6.45, 7) is 0. The number of nitrogens with one attached hydrogen (secondary N) is 3. The highest BCUT2D eigenvalue weighted by Crippen LogP contribution is 2.29. The van der Waals surface area contributed by atoms with E-state index in [1.165, 1.54) is 11.8 Å². The zero-order valence-electron chi connectivity index (χ0n) is 13.6. The molecule has 0 saturated heterocycles. The number of nitrogens with two attached hydrogens (primary N) is 2. The van der Waals surface area contributed by atoms with E-state index in [4.69, 9.17) is 16.1 Å². The number of nitrogens with zero attached hydrogens (tertiary/aromatic N) is 3. The molecule has 0 unspecified atom stereocenters. The van der Waals surface area contributed by atoms with E-state index >= 15 is 0 Å². The van der Waals surface area contributed by atoms with Crippen molar-refractivity contribution in [3.8, 4) is 22.9 Å². The second kappa shape index (κ2) is 6.94. The van der Waals surface area contributed by atoms with Gasteiger partial charge in [-0.2, -0.15) is 10.1 Å². The van der Waals surface area contributed by atoms with Crippen LogP contribution in [0.15, 0.2) is 57.3 Å². The number of benzene rings is 1. The van der Waals surface area contributed by atoms with Crippen molar-refractivity contribution in [1.82, 2.24) is 25.6 Å². The Morgan fingerprint density at radius 2 is 2.12 bits per heavy atom. The normalized spacial score (nSPS) is 12.0. The van der Waals surface area contributed by atoms with Gasteiger partial charge in [-0.05, 0) is 29.7 Å². The molecule has 4 rings (SSSR count). The predicted octanol–water partition coefficient (Wildman–Crippen LogP) is 2.04. The van der Waals surface area contributed by atoms with E-state index in [9.17, 15) is 0 Å². The van der Waals surface area contributed by atoms with Crippen LogP contribution < -0.4 is 17.1 Å². The minimum atomic E-state index is 0.434. The van der Waals surface area contributed by atoms with Crippen LogP contribution in [0.3, 0.4) is 0 Å². The first kappa shape index (κ1) is 16.2. The van der Waals surface area contributed by atoms with Crippen LogP contribution in [-0.2, 0) is 0 Å². The molecule has 9 nitrogen and oxygen atoms in total. The van der Waals surface area contributed by atoms with Gasteiger partial charge in [0.1, 0.15) is 11.6 Å². The lowest BCUT2D eigenvalue weighted by atomic mass is 10.1. The predicted molar refractivity (Wildman–Crippen MR) is 101 cm³/mol. The molecule has 0 spiro atoms. The highest BCUT2D eigenvalue weighted by molar-refractivity contribution is 7.99. The SMILES string of the molecule is N/N=C(/CSc1n[nH]c(-c2ccc(-c3ccc4cc[nH]c4c3)o2)n1)NN. The van der Waals surface area contributed by atoms with Gasteiger partial charge in [0.25, 0.3) is 0 Å². The Kier molecular flexibility index (Phi) is 4.33. The quantitative estimate of drug-likeness (QED) is 0.119. The summed E-state index contributed by atoms with van der Waals surface area (Å²) in [5.41, 5.74) is 4.45. The van der Waals surface area contributed by atoms with Crippen molar-refractivity contribution < 1.29 is 4.42 Å². The number of rotatable bonds is 5. The summed E-state index contributed by atoms with van der Waals surface area (Å²) in [7, 11) is 0. The van der Waals surface area contributed by atoms with E-state index < -0.39 is 0 Å². The fourth-order valence-electron chi connectivity index (χ4n) is 2.49. The fraction of sp³-hybridized carbons (Fsp3) is 0.0625. The Morgan fingerprint density at radius 3 is 2.96 bits per heavy atom. The second-order valence-electron chi connectivity index (χ2n) is 5.42. The Morgan fingerprint density at radius 1 is 1.23 bits per heavy atom. The number of hydrazone groups is 1. The van der Waals surface area contributed by atoms with Crippen LogP contribution >= 0.6 is 11.8 Å². The summed E-state index contributed by atoms with van der Waals surface area (Å²) in [6, 6.07) is 11.9. The summed E-state index contributed by atoms with van der Waals surface area (Å²) >= 11 is 1.35. The molecule has 0 aliphatic carbocycles. The molecule has 4 aromatic rings. The van der Waals surface area contributed by atoms with Crippen molar-refractivity contribution in [2.45, 2.75) is 5.16 Å². The lowest BCUT2D eigenvalue weighted by molar-refractivity contribution is 0.592. The van der Waals surface area contributed by atoms with Crippen LogP contribution in [-0.4, -0.2) is 31.8 Å². The fourth-order valence-corrected chi connectivity index (χ4v) is 3.18. The van der Waals surface area contributed by atoms with Gasteiger partial charge in [0.15, 0.2) is 11.6 Å². The largest absolute Gasteiger partial charge is 0.453 e. The molecule has 0 atom stereocenters. The van der Waals surface area contributed by atoms with Gasteiger partial charge >= 0.3 is 0 Å². The van der Waals surface area contributed by atoms with Crippen LogP contribution in [0.25, 0.3) is 33.8 Å². The van der Waals surface area contributed by atoms with Gasteiger partial charge < -0.3 is 20.7 Å². The van der Waals surface area contributed by atoms with Crippen molar-refractivity contribution in [3.63, 3.8) is 0 Å². The molecule has 0 amide bonds. The number of aromatic amines is 2. The monoisotopic (exact) mass is 368 g/mol. The number of amidine groups is 1. The Labute approximate surface area is 152 Å². The van der Waals surface area contributed by atoms with Gasteiger partial charge in [-0.1, -0.05) is 23.9 Å². The van der Waals surface area contributed by atoms with Gasteiger partial charge in [-0.3, -0.25) is 5.10 Å². The molecule has 3 heterocycles. The Hall–Kier alpha value is -3.24. The third kappa shape index (κ3) is 3.15. The van der Waals surface area contributed by atoms with Crippen LogP contribution in [0, 0.1) is 0 Å². The number of fused-ring (bicyclic) bond motifs is 1. The second-order valence-corrected chi connectivity index (χ2v) is 6.36. The molecule has 132 valence electrons. The number of furan rings is 1. The molecule has 0 aliphatic rings. The molecule has 0 bridgehead atoms. The minimum absolute atomic E-state index is 0.434. The maximum Gasteiger partial charge on any atom is 0.209 e. The number of hydrogen-bond donors (Lipinski definition) is 5. The smallest absolute Gasteiger partial charge is 0.209 e. The average molecular weight is 368 g/mol. The first-order valence-corrected chi connectivity index (χ1v) is 8.71. The summed E-state index contributed by atoms with van der Waals surface area (Å²) < 4.78 is 5.93. The third-order valence-electron chi connectivity index (χ3n) is 3.80. The number of H-pyrrole nitrogens is 2. The zero-order chi connectivity index (χ0) is 17.9. The van der Waals surface area contributed by atoms with E-state index in [0.717, 1.165) is 22.2 Å². The van der Waals surface area contributed by atoms with Gasteiger partial charge in [0.05, 0.1) is 5.75 Å². The molecule has 1 aromatic carbocycles. The molecule has 10 heteroatoms. The Balaban J connectivity index is 1.52. The lowest BCUT2D eigenvalue weighted by Crippen LogP contribution is -2.33. The molecule has 0 radical (unpaired) electrons. The maximum atomic E-state index is 5.93. The van der Waals surface area contributed by atoms with Crippen molar-refractivity contribution in [2.75, 3.05) is 5.75 Å². The van der Waals surface area contributed by atoms with Crippen LogP contribution in [0.1, 0.15) is 0 Å². The maximum absolute atomic E-state index is 5.93. The van der Waals surface area contributed by atoms with E-state index in [0.29, 0.717) is 28.3 Å². The van der Waals surface area contributed by atoms with Crippen molar-refractivity contribution in [3.05, 3.63) is 42.6 Å². The van der Waals surface area contributed by atoms with Gasteiger partial charge in [0, 0.05) is 17.3 Å². The van der Waals surface area contributed by atoms with Gasteiger partial charge in [-0.15, -0.1) is 5.10 Å². The van der Waals surface area contributed by atoms with Crippen LogP contribution in [0.2, 0.25) is 0 Å². The van der Waals surface area contributed by atoms with E-state index in [1.54, 1.807) is 0 Å². The van der Waals surface area contributed by atoms with Gasteiger partial charge in [0.2, 0.25) is 5.16 Å². The summed E-state index contributed by atoms with van der Waals surface area (Å²) in [5, 5.41) is 12.2. The molecule has 0 saturated carbocycles. The van der Waals surface area contributed by atoms with Crippen LogP contribution in [0.4, 0.5) is 0 Å². The van der Waals surface area contributed by atoms with Crippen molar-refractivity contribution in [2.24, 2.45) is 16.8 Å². The molecule has 3 aromatic heterocycles. The highest BCUT2D eigenvalue weighted by Gasteiger charge is 2.12. The van der Waals surface area contributed by atoms with E-state index in [1.807, 2.05) is 36.5 Å². The summed E-state index contributed by atoms with van der Waals surface area (Å²) in [4.78, 5) is 7.60. The van der Waals surface area contributed by atoms with E-state index in [2.05, 4.69) is 36.8 Å². The molecule has 26 heavy (non-hydrogen) atoms. The zero-order valence-corrected chi connectivity index (χ0v) is 14.4. The van der Waals surface area contributed by atoms with Crippen LogP contribution in [0.5, 0.6) is 0 Å². The summed E-state index contributed by atoms with van der Waals surface area (Å²) in [5.74, 6) is 13.3. The lowest BCUT2D eigenvalue weighted by Gasteiger charge is -1.99. The number of aromatic nitrogens is 4. The third-order valence-corrected chi connectivity index (χ3v) is 4.66. The number of hydrazine groups is 1. The molecule has 0 aliphatic heterocycles. The molecule has 0 fully saturated rings. The Bertz CT molecular complexity index is 1060. The topological polar surface area (TPSA) is 147 Å². The number of thioether (sulfide) groups is 1. The average Bonchev–Trinajstić information content (AvgIpc) is 3.41. The molecular weight excluding hydrogens is 352 g/mol. The highest BCUT2D eigenvalue weighted by atomic mass is 32.2. The van der Waals surface area contributed by atoms with E-state index in [-0.39, 0.29) is 0 Å². The molecule has 7 N–H and O–H groups in total. The minimum Gasteiger partial charge on any atom is -0.453 e. The first-order chi connectivity index (χ1) is 12.8. The standard InChI is InChI=1S/C16H16N8OS/c17-21-14(22-18)8-26-16-20-15(23-24-16)13-4-3-12(25-13)10-2-1-9-5-6-19-11(9)7-10/h1-7,19H,8,17-18H2,(H,21,22)(H,20,23,24). The van der Waals surface area contributed by atoms with Gasteiger partial charge in [-0.25, -0.2) is 5.84 Å². The summed E-state index contributed by atoms with van der Waals surface area (Å²) in [6.07, 6.45) is 1.91. The van der Waals surface area contributed by atoms with Crippen molar-refractivity contribution >= 4 is 28.5 Å². The molecular formula is C16H16N8OS. The van der Waals surface area contributed by atoms with Crippen molar-refractivity contribution in [1.29, 1.82) is 0 Å². The number of hydrogen-bond acceptors (Lipinski definition) is 7. The first-order valence-electron chi connectivity index (χ1n) is 7.73.